The Bertz CT molecular complexity index is 1250. The van der Waals surface area contributed by atoms with Gasteiger partial charge in [0.25, 0.3) is 10.0 Å². The summed E-state index contributed by atoms with van der Waals surface area (Å²) in [6, 6.07) is 11.0. The number of rotatable bonds is 6. The molecule has 0 spiro atoms. The molecule has 1 fully saturated rings. The molecule has 1 N–H and O–H groups in total. The lowest BCUT2D eigenvalue weighted by Gasteiger charge is -2.24. The average Bonchev–Trinajstić information content (AvgIpc) is 2.88. The standard InChI is InChI=1S/C22H28N2O6S2/c1-6-30-19-12-11-16(24-21(25)15(2)14-31(24,26)27)13-20(19)32(28,29)23-18-10-8-7-9-17(18)22(3,4)5/h7-13,15,23H,6,14H2,1-5H3. The van der Waals surface area contributed by atoms with Gasteiger partial charge in [0.1, 0.15) is 10.6 Å². The summed E-state index contributed by atoms with van der Waals surface area (Å²) in [4.78, 5) is 12.2. The molecule has 0 bridgehead atoms. The number of nitrogens with zero attached hydrogens (tertiary/aromatic N) is 1. The second kappa shape index (κ2) is 8.40. The molecule has 1 aliphatic rings. The molecule has 0 saturated carbocycles. The van der Waals surface area contributed by atoms with Crippen molar-refractivity contribution < 1.29 is 26.4 Å². The van der Waals surface area contributed by atoms with E-state index in [-0.39, 0.29) is 34.1 Å². The third-order valence-corrected chi connectivity index (χ3v) is 8.35. The average molecular weight is 481 g/mol. The van der Waals surface area contributed by atoms with E-state index in [1.807, 2.05) is 32.9 Å². The molecular formula is C22H28N2O6S2. The van der Waals surface area contributed by atoms with Crippen LogP contribution < -0.4 is 13.8 Å². The van der Waals surface area contributed by atoms with Crippen molar-refractivity contribution in [3.05, 3.63) is 48.0 Å². The van der Waals surface area contributed by atoms with E-state index in [4.69, 9.17) is 4.74 Å². The predicted octanol–water partition coefficient (Wildman–Crippen LogP) is 3.50. The highest BCUT2D eigenvalue weighted by Crippen LogP contribution is 2.36. The minimum atomic E-state index is -4.18. The van der Waals surface area contributed by atoms with E-state index in [9.17, 15) is 21.6 Å². The van der Waals surface area contributed by atoms with Crippen LogP contribution in [0.3, 0.4) is 0 Å². The van der Waals surface area contributed by atoms with Crippen molar-refractivity contribution in [3.63, 3.8) is 0 Å². The van der Waals surface area contributed by atoms with Gasteiger partial charge in [-0.3, -0.25) is 9.52 Å². The molecule has 1 amide bonds. The first-order valence-corrected chi connectivity index (χ1v) is 13.3. The van der Waals surface area contributed by atoms with Crippen LogP contribution in [0.25, 0.3) is 0 Å². The van der Waals surface area contributed by atoms with Crippen molar-refractivity contribution in [1.82, 2.24) is 0 Å². The Labute approximate surface area is 189 Å². The summed E-state index contributed by atoms with van der Waals surface area (Å²) in [5.74, 6) is -1.56. The van der Waals surface area contributed by atoms with Crippen LogP contribution in [0, 0.1) is 5.92 Å². The van der Waals surface area contributed by atoms with Gasteiger partial charge in [0.05, 0.1) is 29.7 Å². The molecule has 1 saturated heterocycles. The Kier molecular flexibility index (Phi) is 6.32. The number of hydrogen-bond donors (Lipinski definition) is 1. The Morgan fingerprint density at radius 3 is 2.38 bits per heavy atom. The lowest BCUT2D eigenvalue weighted by atomic mass is 9.86. The quantitative estimate of drug-likeness (QED) is 0.678. The summed E-state index contributed by atoms with van der Waals surface area (Å²) >= 11 is 0. The normalized spacial score (nSPS) is 18.6. The predicted molar refractivity (Wildman–Crippen MR) is 124 cm³/mol. The molecule has 10 heteroatoms. The number of ether oxygens (including phenoxy) is 1. The van der Waals surface area contributed by atoms with Crippen LogP contribution in [0.2, 0.25) is 0 Å². The SMILES string of the molecule is CCOc1ccc(N2C(=O)C(C)CS2(=O)=O)cc1S(=O)(=O)Nc1ccccc1C(C)(C)C. The summed E-state index contributed by atoms with van der Waals surface area (Å²) in [7, 11) is -8.06. The first kappa shape index (κ1) is 24.1. The fraction of sp³-hybridized carbons (Fsp3) is 0.409. The maximum Gasteiger partial charge on any atom is 0.265 e. The van der Waals surface area contributed by atoms with Gasteiger partial charge in [-0.2, -0.15) is 0 Å². The third-order valence-electron chi connectivity index (χ3n) is 5.09. The van der Waals surface area contributed by atoms with Gasteiger partial charge in [0.2, 0.25) is 15.9 Å². The minimum Gasteiger partial charge on any atom is -0.492 e. The minimum absolute atomic E-state index is 0.0349. The maximum absolute atomic E-state index is 13.4. The summed E-state index contributed by atoms with van der Waals surface area (Å²) < 4.78 is 60.6. The van der Waals surface area contributed by atoms with Crippen LogP contribution in [0.5, 0.6) is 5.75 Å². The number of hydrogen-bond acceptors (Lipinski definition) is 6. The van der Waals surface area contributed by atoms with E-state index in [0.29, 0.717) is 9.99 Å². The molecule has 3 rings (SSSR count). The van der Waals surface area contributed by atoms with Gasteiger partial charge < -0.3 is 4.74 Å². The molecule has 1 aliphatic heterocycles. The molecule has 0 aliphatic carbocycles. The fourth-order valence-corrected chi connectivity index (χ4v) is 6.68. The lowest BCUT2D eigenvalue weighted by Crippen LogP contribution is -2.30. The molecule has 0 radical (unpaired) electrons. The second-order valence-electron chi connectivity index (χ2n) is 8.75. The number of sulfonamides is 2. The van der Waals surface area contributed by atoms with E-state index in [2.05, 4.69) is 4.72 Å². The number of anilines is 2. The highest BCUT2D eigenvalue weighted by molar-refractivity contribution is 7.94. The smallest absolute Gasteiger partial charge is 0.265 e. The van der Waals surface area contributed by atoms with Crippen LogP contribution in [0.4, 0.5) is 11.4 Å². The zero-order chi connectivity index (χ0) is 23.9. The van der Waals surface area contributed by atoms with Crippen LogP contribution >= 0.6 is 0 Å². The summed E-state index contributed by atoms with van der Waals surface area (Å²) in [6.45, 7) is 9.35. The molecule has 174 valence electrons. The Morgan fingerprint density at radius 1 is 1.16 bits per heavy atom. The van der Waals surface area contributed by atoms with E-state index in [1.165, 1.54) is 25.1 Å². The first-order chi connectivity index (χ1) is 14.8. The molecule has 1 unspecified atom stereocenters. The first-order valence-electron chi connectivity index (χ1n) is 10.2. The topological polar surface area (TPSA) is 110 Å². The number of benzene rings is 2. The number of para-hydroxylation sites is 1. The van der Waals surface area contributed by atoms with Crippen molar-refractivity contribution in [2.45, 2.75) is 44.9 Å². The van der Waals surface area contributed by atoms with Crippen molar-refractivity contribution in [2.75, 3.05) is 21.4 Å². The van der Waals surface area contributed by atoms with Gasteiger partial charge in [0.15, 0.2) is 0 Å². The van der Waals surface area contributed by atoms with Crippen molar-refractivity contribution in [3.8, 4) is 5.75 Å². The third kappa shape index (κ3) is 4.61. The lowest BCUT2D eigenvalue weighted by molar-refractivity contribution is -0.119. The molecule has 8 nitrogen and oxygen atoms in total. The number of carbonyl (C=O) groups is 1. The van der Waals surface area contributed by atoms with E-state index < -0.39 is 31.9 Å². The van der Waals surface area contributed by atoms with E-state index >= 15 is 0 Å². The Hall–Kier alpha value is -2.59. The number of amides is 1. The van der Waals surface area contributed by atoms with Gasteiger partial charge >= 0.3 is 0 Å². The van der Waals surface area contributed by atoms with Crippen molar-refractivity contribution in [2.24, 2.45) is 5.92 Å². The molecule has 2 aromatic rings. The van der Waals surface area contributed by atoms with E-state index in [0.717, 1.165) is 5.56 Å². The molecule has 2 aromatic carbocycles. The van der Waals surface area contributed by atoms with Crippen LogP contribution in [0.15, 0.2) is 47.4 Å². The fourth-order valence-electron chi connectivity index (χ4n) is 3.62. The van der Waals surface area contributed by atoms with Crippen LogP contribution in [-0.2, 0) is 30.3 Å². The summed E-state index contributed by atoms with van der Waals surface area (Å²) in [6.07, 6.45) is 0. The van der Waals surface area contributed by atoms with E-state index in [1.54, 1.807) is 19.1 Å². The summed E-state index contributed by atoms with van der Waals surface area (Å²) in [5, 5.41) is 0. The van der Waals surface area contributed by atoms with Crippen molar-refractivity contribution in [1.29, 1.82) is 0 Å². The molecule has 32 heavy (non-hydrogen) atoms. The zero-order valence-corrected chi connectivity index (χ0v) is 20.4. The Balaban J connectivity index is 2.12. The highest BCUT2D eigenvalue weighted by Gasteiger charge is 2.42. The molecule has 1 atom stereocenters. The largest absolute Gasteiger partial charge is 0.492 e. The van der Waals surface area contributed by atoms with Gasteiger partial charge in [-0.15, -0.1) is 0 Å². The zero-order valence-electron chi connectivity index (χ0n) is 18.7. The van der Waals surface area contributed by atoms with Gasteiger partial charge in [-0.05, 0) is 42.2 Å². The Morgan fingerprint density at radius 2 is 1.81 bits per heavy atom. The number of carbonyl (C=O) groups excluding carboxylic acids is 1. The van der Waals surface area contributed by atoms with Crippen LogP contribution in [0.1, 0.15) is 40.2 Å². The molecular weight excluding hydrogens is 452 g/mol. The van der Waals surface area contributed by atoms with Gasteiger partial charge in [-0.1, -0.05) is 45.9 Å². The molecule has 1 heterocycles. The van der Waals surface area contributed by atoms with Crippen LogP contribution in [-0.4, -0.2) is 35.1 Å². The number of nitrogens with one attached hydrogen (secondary N) is 1. The van der Waals surface area contributed by atoms with Crippen molar-refractivity contribution >= 4 is 37.3 Å². The second-order valence-corrected chi connectivity index (χ2v) is 12.3. The highest BCUT2D eigenvalue weighted by atomic mass is 32.2. The monoisotopic (exact) mass is 480 g/mol. The molecule has 0 aromatic heterocycles. The van der Waals surface area contributed by atoms with Gasteiger partial charge in [-0.25, -0.2) is 21.1 Å². The summed E-state index contributed by atoms with van der Waals surface area (Å²) in [5.41, 5.74) is 0.845. The van der Waals surface area contributed by atoms with Gasteiger partial charge in [0, 0.05) is 0 Å². The maximum atomic E-state index is 13.4.